The lowest BCUT2D eigenvalue weighted by Gasteiger charge is -2.15. The van der Waals surface area contributed by atoms with Crippen LogP contribution in [0, 0.1) is 5.92 Å². The van der Waals surface area contributed by atoms with Crippen LogP contribution >= 0.6 is 0 Å². The predicted octanol–water partition coefficient (Wildman–Crippen LogP) is 0.918. The lowest BCUT2D eigenvalue weighted by Crippen LogP contribution is -2.19. The third-order valence-electron chi connectivity index (χ3n) is 1.28. The fraction of sp³-hybridized carbons (Fsp3) is 0.667. The first-order chi connectivity index (χ1) is 3.80. The monoisotopic (exact) mass is 113 g/mol. The van der Waals surface area contributed by atoms with Gasteiger partial charge in [0.25, 0.3) is 0 Å². The van der Waals surface area contributed by atoms with E-state index >= 15 is 0 Å². The molecule has 0 aromatic rings. The number of ether oxygens (including phenoxy) is 1. The van der Waals surface area contributed by atoms with Gasteiger partial charge in [-0.2, -0.15) is 0 Å². The Bertz CT molecular complexity index is 98.7. The van der Waals surface area contributed by atoms with Crippen LogP contribution in [0.25, 0.3) is 0 Å². The standard InChI is InChI=1S/C6H9O2/c1-5-3-2-4-8-6(5)7/h2-4H2,1H3. The van der Waals surface area contributed by atoms with Crippen LogP contribution in [0.4, 0.5) is 0 Å². The zero-order chi connectivity index (χ0) is 5.98. The van der Waals surface area contributed by atoms with E-state index < -0.39 is 0 Å². The highest BCUT2D eigenvalue weighted by molar-refractivity contribution is 5.84. The van der Waals surface area contributed by atoms with Crippen molar-refractivity contribution in [3.05, 3.63) is 5.92 Å². The molecule has 0 saturated carbocycles. The summed E-state index contributed by atoms with van der Waals surface area (Å²) in [6, 6.07) is 0. The van der Waals surface area contributed by atoms with Crippen LogP contribution in [0.15, 0.2) is 0 Å². The second-order valence-electron chi connectivity index (χ2n) is 2.02. The molecule has 0 bridgehead atoms. The van der Waals surface area contributed by atoms with Crippen molar-refractivity contribution < 1.29 is 9.53 Å². The fourth-order valence-corrected chi connectivity index (χ4v) is 0.727. The van der Waals surface area contributed by atoms with Crippen molar-refractivity contribution in [2.75, 3.05) is 6.61 Å². The van der Waals surface area contributed by atoms with E-state index in [0.717, 1.165) is 18.8 Å². The molecular formula is C6H9O2. The minimum Gasteiger partial charge on any atom is -0.465 e. The molecule has 0 aliphatic carbocycles. The summed E-state index contributed by atoms with van der Waals surface area (Å²) in [5, 5.41) is 0. The normalized spacial score (nSPS) is 22.9. The summed E-state index contributed by atoms with van der Waals surface area (Å²) in [4.78, 5) is 10.5. The van der Waals surface area contributed by atoms with Crippen molar-refractivity contribution >= 4 is 5.97 Å². The van der Waals surface area contributed by atoms with Gasteiger partial charge in [0.2, 0.25) is 0 Å². The fourth-order valence-electron chi connectivity index (χ4n) is 0.727. The van der Waals surface area contributed by atoms with Gasteiger partial charge in [0.1, 0.15) is 0 Å². The van der Waals surface area contributed by atoms with E-state index in [2.05, 4.69) is 0 Å². The Morgan fingerprint density at radius 1 is 1.62 bits per heavy atom. The lowest BCUT2D eigenvalue weighted by atomic mass is 10.0. The van der Waals surface area contributed by atoms with Gasteiger partial charge in [-0.3, -0.25) is 4.79 Å². The predicted molar refractivity (Wildman–Crippen MR) is 29.1 cm³/mol. The van der Waals surface area contributed by atoms with Crippen molar-refractivity contribution in [3.63, 3.8) is 0 Å². The molecule has 1 radical (unpaired) electrons. The third kappa shape index (κ3) is 0.997. The molecule has 0 atom stereocenters. The molecule has 1 saturated heterocycles. The molecule has 1 heterocycles. The van der Waals surface area contributed by atoms with Gasteiger partial charge < -0.3 is 4.74 Å². The zero-order valence-electron chi connectivity index (χ0n) is 4.94. The van der Waals surface area contributed by atoms with E-state index in [1.165, 1.54) is 0 Å². The molecular weight excluding hydrogens is 104 g/mol. The molecule has 0 aromatic carbocycles. The quantitative estimate of drug-likeness (QED) is 0.436. The van der Waals surface area contributed by atoms with Gasteiger partial charge in [0.15, 0.2) is 0 Å². The van der Waals surface area contributed by atoms with Crippen LogP contribution < -0.4 is 0 Å². The van der Waals surface area contributed by atoms with Gasteiger partial charge in [0.05, 0.1) is 12.5 Å². The second-order valence-corrected chi connectivity index (χ2v) is 2.02. The molecule has 0 spiro atoms. The molecule has 1 aliphatic rings. The Hall–Kier alpha value is -0.530. The Morgan fingerprint density at radius 2 is 2.38 bits per heavy atom. The Labute approximate surface area is 48.8 Å². The van der Waals surface area contributed by atoms with Gasteiger partial charge in [0, 0.05) is 0 Å². The Morgan fingerprint density at radius 3 is 2.75 bits per heavy atom. The van der Waals surface area contributed by atoms with Crippen molar-refractivity contribution in [1.29, 1.82) is 0 Å². The van der Waals surface area contributed by atoms with Crippen molar-refractivity contribution in [2.45, 2.75) is 19.8 Å². The average Bonchev–Trinajstić information content (AvgIpc) is 1.77. The summed E-state index contributed by atoms with van der Waals surface area (Å²) in [7, 11) is 0. The largest absolute Gasteiger partial charge is 0.465 e. The molecule has 8 heavy (non-hydrogen) atoms. The number of carbonyl (C=O) groups excluding carboxylic acids is 1. The molecule has 1 rings (SSSR count). The summed E-state index contributed by atoms with van der Waals surface area (Å²) in [6.07, 6.45) is 1.91. The Kier molecular flexibility index (Phi) is 1.51. The minimum atomic E-state index is -0.115. The number of hydrogen-bond donors (Lipinski definition) is 0. The maximum atomic E-state index is 10.5. The number of hydrogen-bond acceptors (Lipinski definition) is 2. The molecule has 1 fully saturated rings. The van der Waals surface area contributed by atoms with Crippen molar-refractivity contribution in [2.24, 2.45) is 0 Å². The number of carbonyl (C=O) groups is 1. The second kappa shape index (κ2) is 2.16. The van der Waals surface area contributed by atoms with Gasteiger partial charge in [-0.05, 0) is 19.8 Å². The van der Waals surface area contributed by atoms with Crippen LogP contribution in [0.5, 0.6) is 0 Å². The van der Waals surface area contributed by atoms with Crippen molar-refractivity contribution in [3.8, 4) is 0 Å². The SMILES string of the molecule is C[C]1CCCOC1=O. The summed E-state index contributed by atoms with van der Waals surface area (Å²) in [5.74, 6) is 0.743. The van der Waals surface area contributed by atoms with E-state index in [1.54, 1.807) is 0 Å². The highest BCUT2D eigenvalue weighted by Crippen LogP contribution is 2.14. The number of esters is 1. The summed E-state index contributed by atoms with van der Waals surface area (Å²) < 4.78 is 4.71. The van der Waals surface area contributed by atoms with Crippen LogP contribution in [0.1, 0.15) is 19.8 Å². The highest BCUT2D eigenvalue weighted by atomic mass is 16.5. The van der Waals surface area contributed by atoms with E-state index in [-0.39, 0.29) is 5.97 Å². The first-order valence-electron chi connectivity index (χ1n) is 2.80. The summed E-state index contributed by atoms with van der Waals surface area (Å²) in [5.41, 5.74) is 0. The summed E-state index contributed by atoms with van der Waals surface area (Å²) >= 11 is 0. The maximum absolute atomic E-state index is 10.5. The van der Waals surface area contributed by atoms with E-state index in [0.29, 0.717) is 6.61 Å². The van der Waals surface area contributed by atoms with Crippen LogP contribution in [-0.2, 0) is 9.53 Å². The van der Waals surface area contributed by atoms with E-state index in [1.807, 2.05) is 6.92 Å². The van der Waals surface area contributed by atoms with Crippen LogP contribution in [0.2, 0.25) is 0 Å². The molecule has 0 amide bonds. The topological polar surface area (TPSA) is 26.3 Å². The van der Waals surface area contributed by atoms with E-state index in [4.69, 9.17) is 4.74 Å². The zero-order valence-corrected chi connectivity index (χ0v) is 4.94. The van der Waals surface area contributed by atoms with Crippen LogP contribution in [0.3, 0.4) is 0 Å². The summed E-state index contributed by atoms with van der Waals surface area (Å²) in [6.45, 7) is 2.43. The van der Waals surface area contributed by atoms with Gasteiger partial charge in [-0.15, -0.1) is 0 Å². The van der Waals surface area contributed by atoms with E-state index in [9.17, 15) is 4.79 Å². The average molecular weight is 113 g/mol. The third-order valence-corrected chi connectivity index (χ3v) is 1.28. The molecule has 1 aliphatic heterocycles. The Balaban J connectivity index is 2.39. The molecule has 2 heteroatoms. The van der Waals surface area contributed by atoms with Crippen LogP contribution in [-0.4, -0.2) is 12.6 Å². The molecule has 0 aromatic heterocycles. The molecule has 2 nitrogen and oxygen atoms in total. The lowest BCUT2D eigenvalue weighted by molar-refractivity contribution is -0.143. The number of rotatable bonds is 0. The highest BCUT2D eigenvalue weighted by Gasteiger charge is 2.18. The van der Waals surface area contributed by atoms with Gasteiger partial charge >= 0.3 is 5.97 Å². The van der Waals surface area contributed by atoms with Gasteiger partial charge in [-0.1, -0.05) is 0 Å². The smallest absolute Gasteiger partial charge is 0.312 e. The molecule has 45 valence electrons. The molecule has 0 N–H and O–H groups in total. The van der Waals surface area contributed by atoms with Gasteiger partial charge in [-0.25, -0.2) is 0 Å². The minimum absolute atomic E-state index is 0.115. The molecule has 0 unspecified atom stereocenters. The number of cyclic esters (lactones) is 1. The maximum Gasteiger partial charge on any atom is 0.312 e. The first-order valence-corrected chi connectivity index (χ1v) is 2.80. The van der Waals surface area contributed by atoms with Crippen molar-refractivity contribution in [1.82, 2.24) is 0 Å². The first kappa shape index (κ1) is 5.60.